The van der Waals surface area contributed by atoms with E-state index in [1.165, 1.54) is 43.8 Å². The van der Waals surface area contributed by atoms with Crippen molar-refractivity contribution >= 4 is 28.7 Å². The molecule has 0 aliphatic rings. The van der Waals surface area contributed by atoms with Crippen LogP contribution < -0.4 is 9.47 Å². The van der Waals surface area contributed by atoms with Crippen molar-refractivity contribution in [3.8, 4) is 28.8 Å². The van der Waals surface area contributed by atoms with E-state index >= 15 is 0 Å². The summed E-state index contributed by atoms with van der Waals surface area (Å²) < 4.78 is 10.4. The number of nitro benzene ring substituents is 1. The van der Waals surface area contributed by atoms with Crippen LogP contribution in [0.2, 0.25) is 0 Å². The Hall–Kier alpha value is -3.70. The van der Waals surface area contributed by atoms with Crippen molar-refractivity contribution < 1.29 is 14.4 Å². The second-order valence-corrected chi connectivity index (χ2v) is 6.45. The van der Waals surface area contributed by atoms with E-state index in [2.05, 4.69) is 11.1 Å². The molecule has 0 aliphatic carbocycles. The Morgan fingerprint density at radius 1 is 1.21 bits per heavy atom. The number of methoxy groups -OCH3 is 2. The maximum Gasteiger partial charge on any atom is 0.311 e. The van der Waals surface area contributed by atoms with Crippen LogP contribution >= 0.6 is 11.3 Å². The van der Waals surface area contributed by atoms with E-state index < -0.39 is 4.92 Å². The highest BCUT2D eigenvalue weighted by molar-refractivity contribution is 7.11. The zero-order valence-electron chi connectivity index (χ0n) is 15.1. The highest BCUT2D eigenvalue weighted by Crippen LogP contribution is 2.36. The van der Waals surface area contributed by atoms with Crippen molar-refractivity contribution in [1.82, 2.24) is 4.98 Å². The lowest BCUT2D eigenvalue weighted by molar-refractivity contribution is -0.385. The molecule has 0 fully saturated rings. The maximum absolute atomic E-state index is 11.3. The largest absolute Gasteiger partial charge is 0.496 e. The number of nitriles is 1. The first-order chi connectivity index (χ1) is 13.6. The molecule has 0 unspecified atom stereocenters. The molecule has 3 aromatic rings. The molecule has 1 aromatic heterocycles. The summed E-state index contributed by atoms with van der Waals surface area (Å²) in [6.07, 6.45) is 1.53. The number of allylic oxidation sites excluding steroid dienone is 1. The topological polar surface area (TPSA) is 98.3 Å². The third kappa shape index (κ3) is 3.84. The zero-order valence-corrected chi connectivity index (χ0v) is 15.9. The van der Waals surface area contributed by atoms with E-state index in [4.69, 9.17) is 9.47 Å². The lowest BCUT2D eigenvalue weighted by Gasteiger charge is -2.08. The smallest absolute Gasteiger partial charge is 0.311 e. The van der Waals surface area contributed by atoms with Crippen LogP contribution in [0.4, 0.5) is 5.69 Å². The first-order valence-corrected chi connectivity index (χ1v) is 8.99. The Kier molecular flexibility index (Phi) is 5.67. The number of nitro groups is 1. The van der Waals surface area contributed by atoms with Gasteiger partial charge in [0, 0.05) is 28.6 Å². The highest BCUT2D eigenvalue weighted by atomic mass is 32.1. The number of aromatic nitrogens is 1. The summed E-state index contributed by atoms with van der Waals surface area (Å²) >= 11 is 1.33. The second kappa shape index (κ2) is 8.33. The predicted octanol–water partition coefficient (Wildman–Crippen LogP) is 4.80. The second-order valence-electron chi connectivity index (χ2n) is 5.60. The number of ether oxygens (including phenoxy) is 2. The van der Waals surface area contributed by atoms with E-state index in [9.17, 15) is 15.4 Å². The van der Waals surface area contributed by atoms with Crippen LogP contribution in [-0.4, -0.2) is 24.1 Å². The van der Waals surface area contributed by atoms with E-state index in [1.54, 1.807) is 0 Å². The minimum Gasteiger partial charge on any atom is -0.496 e. The van der Waals surface area contributed by atoms with Crippen molar-refractivity contribution in [3.05, 3.63) is 68.5 Å². The van der Waals surface area contributed by atoms with E-state index in [0.29, 0.717) is 16.3 Å². The SMILES string of the molecule is COc1cc(OC)c([N+](=O)[O-])cc1/C=C(/C#N)c1nc(-c2ccccc2)cs1. The van der Waals surface area contributed by atoms with Crippen molar-refractivity contribution in [2.45, 2.75) is 0 Å². The number of hydrogen-bond donors (Lipinski definition) is 0. The third-order valence-corrected chi connectivity index (χ3v) is 4.83. The number of nitrogens with zero attached hydrogens (tertiary/aromatic N) is 3. The normalized spacial score (nSPS) is 11.0. The summed E-state index contributed by atoms with van der Waals surface area (Å²) in [4.78, 5) is 15.3. The van der Waals surface area contributed by atoms with Gasteiger partial charge in [-0.15, -0.1) is 11.3 Å². The van der Waals surface area contributed by atoms with Gasteiger partial charge >= 0.3 is 5.69 Å². The van der Waals surface area contributed by atoms with Crippen LogP contribution in [0.25, 0.3) is 22.9 Å². The molecule has 0 radical (unpaired) electrons. The maximum atomic E-state index is 11.3. The third-order valence-electron chi connectivity index (χ3n) is 3.95. The average molecular weight is 393 g/mol. The molecule has 1 heterocycles. The molecular weight excluding hydrogens is 378 g/mol. The number of hydrogen-bond acceptors (Lipinski definition) is 7. The monoisotopic (exact) mass is 393 g/mol. The minimum absolute atomic E-state index is 0.0816. The number of thiazole rings is 1. The lowest BCUT2D eigenvalue weighted by Crippen LogP contribution is -1.97. The molecule has 8 heteroatoms. The van der Waals surface area contributed by atoms with Crippen LogP contribution in [0.15, 0.2) is 47.8 Å². The van der Waals surface area contributed by atoms with E-state index in [1.807, 2.05) is 35.7 Å². The summed E-state index contributed by atoms with van der Waals surface area (Å²) in [6.45, 7) is 0. The molecule has 0 atom stereocenters. The predicted molar refractivity (Wildman–Crippen MR) is 107 cm³/mol. The highest BCUT2D eigenvalue weighted by Gasteiger charge is 2.20. The van der Waals surface area contributed by atoms with E-state index in [0.717, 1.165) is 11.3 Å². The Bertz CT molecular complexity index is 1080. The van der Waals surface area contributed by atoms with Crippen molar-refractivity contribution in [2.75, 3.05) is 14.2 Å². The fraction of sp³-hybridized carbons (Fsp3) is 0.100. The Morgan fingerprint density at radius 2 is 1.93 bits per heavy atom. The lowest BCUT2D eigenvalue weighted by atomic mass is 10.1. The van der Waals surface area contributed by atoms with Gasteiger partial charge in [-0.2, -0.15) is 5.26 Å². The molecule has 140 valence electrons. The van der Waals surface area contributed by atoms with Gasteiger partial charge in [-0.05, 0) is 6.08 Å². The molecule has 0 saturated carbocycles. The van der Waals surface area contributed by atoms with Gasteiger partial charge in [0.1, 0.15) is 16.8 Å². The van der Waals surface area contributed by atoms with Gasteiger partial charge in [0.15, 0.2) is 0 Å². The Morgan fingerprint density at radius 3 is 2.54 bits per heavy atom. The van der Waals surface area contributed by atoms with Crippen LogP contribution in [0.3, 0.4) is 0 Å². The van der Waals surface area contributed by atoms with Gasteiger partial charge < -0.3 is 9.47 Å². The quantitative estimate of drug-likeness (QED) is 0.339. The first-order valence-electron chi connectivity index (χ1n) is 8.11. The van der Waals surface area contributed by atoms with Crippen molar-refractivity contribution in [2.24, 2.45) is 0 Å². The minimum atomic E-state index is -0.543. The van der Waals surface area contributed by atoms with Crippen molar-refractivity contribution in [1.29, 1.82) is 5.26 Å². The number of benzene rings is 2. The van der Waals surface area contributed by atoms with Gasteiger partial charge in [0.2, 0.25) is 5.75 Å². The molecular formula is C20H15N3O4S. The van der Waals surface area contributed by atoms with Gasteiger partial charge in [0.25, 0.3) is 0 Å². The fourth-order valence-electron chi connectivity index (χ4n) is 2.60. The van der Waals surface area contributed by atoms with Gasteiger partial charge in [0.05, 0.1) is 30.4 Å². The number of rotatable bonds is 6. The first kappa shape index (κ1) is 19.1. The van der Waals surface area contributed by atoms with Crippen molar-refractivity contribution in [3.63, 3.8) is 0 Å². The zero-order chi connectivity index (χ0) is 20.1. The summed E-state index contributed by atoms with van der Waals surface area (Å²) in [5, 5.41) is 23.3. The Labute approximate surface area is 165 Å². The molecule has 7 nitrogen and oxygen atoms in total. The van der Waals surface area contributed by atoms with E-state index in [-0.39, 0.29) is 17.0 Å². The van der Waals surface area contributed by atoms with Crippen LogP contribution in [0.1, 0.15) is 10.6 Å². The molecule has 2 aromatic carbocycles. The molecule has 0 saturated heterocycles. The summed E-state index contributed by atoms with van der Waals surface area (Å²) in [5.74, 6) is 0.438. The average Bonchev–Trinajstić information content (AvgIpc) is 3.22. The van der Waals surface area contributed by atoms with Gasteiger partial charge in [-0.1, -0.05) is 30.3 Å². The molecule has 28 heavy (non-hydrogen) atoms. The van der Waals surface area contributed by atoms with Crippen LogP contribution in [-0.2, 0) is 0 Å². The molecule has 0 spiro atoms. The summed E-state index contributed by atoms with van der Waals surface area (Å²) in [5.41, 5.74) is 2.17. The molecule has 0 amide bonds. The van der Waals surface area contributed by atoms with Gasteiger partial charge in [-0.25, -0.2) is 4.98 Å². The van der Waals surface area contributed by atoms with Crippen LogP contribution in [0, 0.1) is 21.4 Å². The standard InChI is InChI=1S/C20H15N3O4S/c1-26-18-10-19(27-2)17(23(24)25)9-14(18)8-15(11-21)20-22-16(12-28-20)13-6-4-3-5-7-13/h3-10,12H,1-2H3/b15-8-. The molecule has 0 bridgehead atoms. The van der Waals surface area contributed by atoms with Crippen LogP contribution in [0.5, 0.6) is 11.5 Å². The molecule has 0 aliphatic heterocycles. The summed E-state index contributed by atoms with van der Waals surface area (Å²) in [6, 6.07) is 14.5. The summed E-state index contributed by atoms with van der Waals surface area (Å²) in [7, 11) is 2.79. The van der Waals surface area contributed by atoms with Gasteiger partial charge in [-0.3, -0.25) is 10.1 Å². The Balaban J connectivity index is 2.06. The fourth-order valence-corrected chi connectivity index (χ4v) is 3.39. The molecule has 0 N–H and O–H groups in total. The molecule has 3 rings (SSSR count).